The van der Waals surface area contributed by atoms with Crippen LogP contribution in [0.15, 0.2) is 41.3 Å². The van der Waals surface area contributed by atoms with Crippen LogP contribution in [0.3, 0.4) is 0 Å². The minimum absolute atomic E-state index is 0.0937. The predicted octanol–water partition coefficient (Wildman–Crippen LogP) is 4.94. The van der Waals surface area contributed by atoms with Gasteiger partial charge in [-0.2, -0.15) is 0 Å². The van der Waals surface area contributed by atoms with E-state index in [1.807, 2.05) is 52.0 Å². The number of hydrogen-bond acceptors (Lipinski definition) is 6. The van der Waals surface area contributed by atoms with Crippen LogP contribution < -0.4 is 14.8 Å². The summed E-state index contributed by atoms with van der Waals surface area (Å²) in [7, 11) is 0. The lowest BCUT2D eigenvalue weighted by atomic mass is 10.1. The highest BCUT2D eigenvalue weighted by atomic mass is 32.2. The minimum atomic E-state index is -0.261. The first kappa shape index (κ1) is 23.8. The second kappa shape index (κ2) is 10.7. The number of thioether (sulfide) groups is 1. The number of hydrogen-bond donors (Lipinski definition) is 1. The number of nitrogens with one attached hydrogen (secondary N) is 1. The van der Waals surface area contributed by atoms with Gasteiger partial charge >= 0.3 is 0 Å². The topological polar surface area (TPSA) is 67.9 Å². The third-order valence-electron chi connectivity index (χ3n) is 4.90. The molecular formula is C24H26N2O4S2. The van der Waals surface area contributed by atoms with Gasteiger partial charge in [-0.25, -0.2) is 0 Å². The van der Waals surface area contributed by atoms with Gasteiger partial charge in [0.05, 0.1) is 11.5 Å². The molecule has 8 heteroatoms. The van der Waals surface area contributed by atoms with E-state index < -0.39 is 0 Å². The number of likely N-dealkylation sites (N-methyl/N-ethyl adjacent to an activating group) is 1. The van der Waals surface area contributed by atoms with Crippen molar-refractivity contribution in [2.24, 2.45) is 0 Å². The van der Waals surface area contributed by atoms with Crippen molar-refractivity contribution in [3.63, 3.8) is 0 Å². The van der Waals surface area contributed by atoms with Crippen molar-refractivity contribution in [2.75, 3.05) is 25.1 Å². The van der Waals surface area contributed by atoms with E-state index in [1.54, 1.807) is 23.1 Å². The van der Waals surface area contributed by atoms with Gasteiger partial charge in [0.1, 0.15) is 4.32 Å². The Labute approximate surface area is 198 Å². The summed E-state index contributed by atoms with van der Waals surface area (Å²) in [6.07, 6.45) is 1.79. The molecule has 0 aromatic heterocycles. The van der Waals surface area contributed by atoms with Crippen LogP contribution in [0.4, 0.5) is 5.69 Å². The first-order chi connectivity index (χ1) is 15.3. The van der Waals surface area contributed by atoms with Crippen molar-refractivity contribution in [2.45, 2.75) is 27.7 Å². The average Bonchev–Trinajstić information content (AvgIpc) is 3.02. The number of carbonyl (C=O) groups is 2. The first-order valence-electron chi connectivity index (χ1n) is 10.3. The van der Waals surface area contributed by atoms with Gasteiger partial charge in [0.15, 0.2) is 18.1 Å². The fourth-order valence-corrected chi connectivity index (χ4v) is 4.47. The van der Waals surface area contributed by atoms with Gasteiger partial charge in [0, 0.05) is 12.2 Å². The van der Waals surface area contributed by atoms with Crippen LogP contribution in [0.25, 0.3) is 6.08 Å². The zero-order valence-corrected chi connectivity index (χ0v) is 20.2. The molecule has 2 aromatic carbocycles. The molecule has 0 spiro atoms. The molecule has 168 valence electrons. The van der Waals surface area contributed by atoms with Gasteiger partial charge in [-0.1, -0.05) is 36.1 Å². The van der Waals surface area contributed by atoms with Gasteiger partial charge in [-0.15, -0.1) is 0 Å². The standard InChI is InChI=1S/C24H26N2O4S2/c1-5-26-23(28)21(32-24(26)31)13-17-8-10-19(20(12-17)29-6-2)30-14-22(27)25-18-9-7-15(3)16(4)11-18/h7-13H,5-6,14H2,1-4H3,(H,25,27)/b21-13+. The number of rotatable bonds is 8. The highest BCUT2D eigenvalue weighted by molar-refractivity contribution is 8.26. The van der Waals surface area contributed by atoms with Crippen LogP contribution in [-0.2, 0) is 9.59 Å². The molecule has 1 aliphatic rings. The van der Waals surface area contributed by atoms with Crippen LogP contribution in [-0.4, -0.2) is 40.8 Å². The Balaban J connectivity index is 1.70. The number of anilines is 1. The smallest absolute Gasteiger partial charge is 0.266 e. The average molecular weight is 471 g/mol. The highest BCUT2D eigenvalue weighted by Crippen LogP contribution is 2.34. The lowest BCUT2D eigenvalue weighted by Crippen LogP contribution is -2.27. The number of nitrogens with zero attached hydrogens (tertiary/aromatic N) is 1. The molecule has 1 saturated heterocycles. The van der Waals surface area contributed by atoms with Gasteiger partial charge in [0.2, 0.25) is 0 Å². The maximum Gasteiger partial charge on any atom is 0.266 e. The maximum atomic E-state index is 12.4. The molecular weight excluding hydrogens is 444 g/mol. The third-order valence-corrected chi connectivity index (χ3v) is 6.28. The van der Waals surface area contributed by atoms with Crippen molar-refractivity contribution in [3.05, 3.63) is 58.0 Å². The predicted molar refractivity (Wildman–Crippen MR) is 133 cm³/mol. The number of ether oxygens (including phenoxy) is 2. The van der Waals surface area contributed by atoms with E-state index in [1.165, 1.54) is 11.8 Å². The molecule has 2 amide bonds. The van der Waals surface area contributed by atoms with Crippen LogP contribution in [0.1, 0.15) is 30.5 Å². The summed E-state index contributed by atoms with van der Waals surface area (Å²) in [4.78, 5) is 26.9. The van der Waals surface area contributed by atoms with Crippen molar-refractivity contribution in [1.29, 1.82) is 0 Å². The zero-order valence-electron chi connectivity index (χ0n) is 18.6. The largest absolute Gasteiger partial charge is 0.490 e. The molecule has 1 fully saturated rings. The Bertz CT molecular complexity index is 1080. The Morgan fingerprint density at radius 1 is 1.09 bits per heavy atom. The van der Waals surface area contributed by atoms with E-state index in [4.69, 9.17) is 21.7 Å². The second-order valence-electron chi connectivity index (χ2n) is 7.20. The molecule has 0 unspecified atom stereocenters. The Hall–Kier alpha value is -2.84. The molecule has 2 aromatic rings. The SMILES string of the molecule is CCOc1cc(/C=C2/SC(=S)N(CC)C2=O)ccc1OCC(=O)Nc1ccc(C)c(C)c1. The van der Waals surface area contributed by atoms with Crippen molar-refractivity contribution >= 4 is 51.9 Å². The van der Waals surface area contributed by atoms with Crippen molar-refractivity contribution < 1.29 is 19.1 Å². The van der Waals surface area contributed by atoms with Crippen LogP contribution in [0.2, 0.25) is 0 Å². The first-order valence-corrected chi connectivity index (χ1v) is 11.6. The number of benzene rings is 2. The monoisotopic (exact) mass is 470 g/mol. The molecule has 0 saturated carbocycles. The summed E-state index contributed by atoms with van der Waals surface area (Å²) in [5, 5.41) is 2.84. The summed E-state index contributed by atoms with van der Waals surface area (Å²) in [6.45, 7) is 8.61. The van der Waals surface area contributed by atoms with E-state index in [0.29, 0.717) is 33.9 Å². The zero-order chi connectivity index (χ0) is 23.3. The van der Waals surface area contributed by atoms with Crippen LogP contribution in [0, 0.1) is 13.8 Å². The Kier molecular flexibility index (Phi) is 7.93. The fraction of sp³-hybridized carbons (Fsp3) is 0.292. The summed E-state index contributed by atoms with van der Waals surface area (Å²) in [6, 6.07) is 11.1. The quantitative estimate of drug-likeness (QED) is 0.435. The fourth-order valence-electron chi connectivity index (χ4n) is 3.09. The normalized spacial score (nSPS) is 14.8. The molecule has 6 nitrogen and oxygen atoms in total. The van der Waals surface area contributed by atoms with Gasteiger partial charge in [-0.3, -0.25) is 14.5 Å². The summed E-state index contributed by atoms with van der Waals surface area (Å²) in [5.74, 6) is 0.610. The van der Waals surface area contributed by atoms with E-state index in [-0.39, 0.29) is 18.4 Å². The van der Waals surface area contributed by atoms with Gasteiger partial charge in [0.25, 0.3) is 11.8 Å². The van der Waals surface area contributed by atoms with E-state index in [0.717, 1.165) is 22.4 Å². The van der Waals surface area contributed by atoms with E-state index >= 15 is 0 Å². The molecule has 0 radical (unpaired) electrons. The second-order valence-corrected chi connectivity index (χ2v) is 8.88. The number of carbonyl (C=O) groups excluding carboxylic acids is 2. The summed E-state index contributed by atoms with van der Waals surface area (Å²) < 4.78 is 12.0. The van der Waals surface area contributed by atoms with E-state index in [9.17, 15) is 9.59 Å². The Morgan fingerprint density at radius 3 is 2.53 bits per heavy atom. The number of aryl methyl sites for hydroxylation is 2. The highest BCUT2D eigenvalue weighted by Gasteiger charge is 2.30. The molecule has 0 atom stereocenters. The molecule has 1 N–H and O–H groups in total. The third kappa shape index (κ3) is 5.69. The molecule has 0 bridgehead atoms. The summed E-state index contributed by atoms with van der Waals surface area (Å²) >= 11 is 6.55. The molecule has 3 rings (SSSR count). The number of amides is 2. The van der Waals surface area contributed by atoms with Crippen molar-refractivity contribution in [1.82, 2.24) is 4.90 Å². The molecule has 1 heterocycles. The molecule has 0 aliphatic carbocycles. The lowest BCUT2D eigenvalue weighted by molar-refractivity contribution is -0.122. The van der Waals surface area contributed by atoms with Crippen molar-refractivity contribution in [3.8, 4) is 11.5 Å². The minimum Gasteiger partial charge on any atom is -0.490 e. The summed E-state index contributed by atoms with van der Waals surface area (Å²) in [5.41, 5.74) is 3.79. The lowest BCUT2D eigenvalue weighted by Gasteiger charge is -2.13. The maximum absolute atomic E-state index is 12.4. The van der Waals surface area contributed by atoms with Gasteiger partial charge < -0.3 is 14.8 Å². The molecule has 1 aliphatic heterocycles. The number of thiocarbonyl (C=S) groups is 1. The molecule has 32 heavy (non-hydrogen) atoms. The van der Waals surface area contributed by atoms with Crippen LogP contribution in [0.5, 0.6) is 11.5 Å². The Morgan fingerprint density at radius 2 is 1.88 bits per heavy atom. The van der Waals surface area contributed by atoms with Crippen LogP contribution >= 0.6 is 24.0 Å². The van der Waals surface area contributed by atoms with Gasteiger partial charge in [-0.05, 0) is 74.7 Å². The van der Waals surface area contributed by atoms with E-state index in [2.05, 4.69) is 5.32 Å².